The molecule has 1 aromatic rings. The Morgan fingerprint density at radius 2 is 2.26 bits per heavy atom. The Morgan fingerprint density at radius 3 is 3.05 bits per heavy atom. The monoisotopic (exact) mass is 260 g/mol. The molecule has 0 aromatic heterocycles. The fourth-order valence-corrected chi connectivity index (χ4v) is 3.75. The third kappa shape index (κ3) is 2.26. The Kier molecular flexibility index (Phi) is 3.27. The van der Waals surface area contributed by atoms with Crippen LogP contribution in [0.4, 0.5) is 0 Å². The van der Waals surface area contributed by atoms with Crippen LogP contribution >= 0.6 is 0 Å². The van der Waals surface area contributed by atoms with Crippen molar-refractivity contribution < 1.29 is 5.11 Å². The van der Waals surface area contributed by atoms with Gasteiger partial charge in [0, 0.05) is 32.2 Å². The third-order valence-corrected chi connectivity index (χ3v) is 5.23. The van der Waals surface area contributed by atoms with E-state index in [0.717, 1.165) is 13.1 Å². The Labute approximate surface area is 115 Å². The van der Waals surface area contributed by atoms with E-state index >= 15 is 0 Å². The van der Waals surface area contributed by atoms with Gasteiger partial charge in [-0.3, -0.25) is 4.90 Å². The number of aromatic hydroxyl groups is 1. The van der Waals surface area contributed by atoms with Crippen LogP contribution < -0.4 is 5.32 Å². The van der Waals surface area contributed by atoms with Crippen molar-refractivity contribution in [2.45, 2.75) is 31.7 Å². The molecular weight excluding hydrogens is 236 g/mol. The SMILES string of the molecule is CC1CN2CCNCC2CC1(C)c1cccc(O)c1. The lowest BCUT2D eigenvalue weighted by Gasteiger charge is -2.51. The molecule has 19 heavy (non-hydrogen) atoms. The number of rotatable bonds is 1. The lowest BCUT2D eigenvalue weighted by molar-refractivity contribution is 0.0391. The Morgan fingerprint density at radius 1 is 1.42 bits per heavy atom. The fourth-order valence-electron chi connectivity index (χ4n) is 3.75. The highest BCUT2D eigenvalue weighted by Crippen LogP contribution is 2.42. The van der Waals surface area contributed by atoms with E-state index in [1.165, 1.54) is 25.1 Å². The molecule has 2 saturated heterocycles. The zero-order valence-corrected chi connectivity index (χ0v) is 11.9. The maximum atomic E-state index is 9.75. The molecule has 3 unspecified atom stereocenters. The maximum absolute atomic E-state index is 9.75. The number of phenols is 1. The summed E-state index contributed by atoms with van der Waals surface area (Å²) in [4.78, 5) is 2.63. The largest absolute Gasteiger partial charge is 0.508 e. The number of fused-ring (bicyclic) bond motifs is 1. The van der Waals surface area contributed by atoms with Gasteiger partial charge in [0.25, 0.3) is 0 Å². The zero-order chi connectivity index (χ0) is 13.5. The van der Waals surface area contributed by atoms with Gasteiger partial charge in [0.2, 0.25) is 0 Å². The maximum Gasteiger partial charge on any atom is 0.115 e. The number of phenolic OH excluding ortho intramolecular Hbond substituents is 1. The minimum Gasteiger partial charge on any atom is -0.508 e. The van der Waals surface area contributed by atoms with Gasteiger partial charge in [-0.05, 0) is 35.4 Å². The number of hydrogen-bond acceptors (Lipinski definition) is 3. The Bertz CT molecular complexity index is 462. The lowest BCUT2D eigenvalue weighted by atomic mass is 9.65. The molecule has 0 aliphatic carbocycles. The molecule has 0 radical (unpaired) electrons. The molecule has 104 valence electrons. The van der Waals surface area contributed by atoms with Crippen molar-refractivity contribution in [1.82, 2.24) is 10.2 Å². The van der Waals surface area contributed by atoms with Crippen LogP contribution in [0.25, 0.3) is 0 Å². The third-order valence-electron chi connectivity index (χ3n) is 5.23. The molecule has 0 spiro atoms. The predicted octanol–water partition coefficient (Wildman–Crippen LogP) is 1.96. The first-order valence-electron chi connectivity index (χ1n) is 7.34. The summed E-state index contributed by atoms with van der Waals surface area (Å²) in [7, 11) is 0. The van der Waals surface area contributed by atoms with E-state index in [-0.39, 0.29) is 5.41 Å². The van der Waals surface area contributed by atoms with E-state index in [0.29, 0.717) is 17.7 Å². The summed E-state index contributed by atoms with van der Waals surface area (Å²) >= 11 is 0. The molecule has 2 aliphatic rings. The summed E-state index contributed by atoms with van der Waals surface area (Å²) in [5.74, 6) is 0.999. The molecule has 3 rings (SSSR count). The van der Waals surface area contributed by atoms with E-state index in [1.54, 1.807) is 6.07 Å². The van der Waals surface area contributed by atoms with Crippen LogP contribution in [-0.2, 0) is 5.41 Å². The van der Waals surface area contributed by atoms with E-state index in [9.17, 15) is 5.11 Å². The second-order valence-electron chi connectivity index (χ2n) is 6.43. The lowest BCUT2D eigenvalue weighted by Crippen LogP contribution is -2.60. The molecule has 0 saturated carbocycles. The van der Waals surface area contributed by atoms with Crippen molar-refractivity contribution in [2.24, 2.45) is 5.92 Å². The van der Waals surface area contributed by atoms with Gasteiger partial charge < -0.3 is 10.4 Å². The van der Waals surface area contributed by atoms with Crippen molar-refractivity contribution >= 4 is 0 Å². The van der Waals surface area contributed by atoms with Gasteiger partial charge in [-0.2, -0.15) is 0 Å². The molecule has 3 nitrogen and oxygen atoms in total. The number of benzene rings is 1. The van der Waals surface area contributed by atoms with Crippen LogP contribution in [0, 0.1) is 5.92 Å². The summed E-state index contributed by atoms with van der Waals surface area (Å²) in [5, 5.41) is 13.3. The van der Waals surface area contributed by atoms with E-state index in [1.807, 2.05) is 12.1 Å². The van der Waals surface area contributed by atoms with Crippen LogP contribution in [0.1, 0.15) is 25.8 Å². The van der Waals surface area contributed by atoms with Crippen molar-refractivity contribution in [2.75, 3.05) is 26.2 Å². The first-order valence-corrected chi connectivity index (χ1v) is 7.34. The van der Waals surface area contributed by atoms with Crippen molar-refractivity contribution in [1.29, 1.82) is 0 Å². The van der Waals surface area contributed by atoms with Crippen LogP contribution in [0.2, 0.25) is 0 Å². The molecule has 0 bridgehead atoms. The van der Waals surface area contributed by atoms with Gasteiger partial charge >= 0.3 is 0 Å². The second kappa shape index (κ2) is 4.80. The minimum absolute atomic E-state index is 0.166. The van der Waals surface area contributed by atoms with Crippen LogP contribution in [0.15, 0.2) is 24.3 Å². The average Bonchev–Trinajstić information content (AvgIpc) is 2.40. The summed E-state index contributed by atoms with van der Waals surface area (Å²) in [6.45, 7) is 9.26. The van der Waals surface area contributed by atoms with Gasteiger partial charge in [-0.15, -0.1) is 0 Å². The number of piperidine rings is 1. The Balaban J connectivity index is 1.90. The topological polar surface area (TPSA) is 35.5 Å². The number of piperazine rings is 1. The van der Waals surface area contributed by atoms with Crippen molar-refractivity contribution in [3.63, 3.8) is 0 Å². The second-order valence-corrected chi connectivity index (χ2v) is 6.43. The van der Waals surface area contributed by atoms with Crippen LogP contribution in [0.3, 0.4) is 0 Å². The van der Waals surface area contributed by atoms with Gasteiger partial charge in [-0.1, -0.05) is 26.0 Å². The molecule has 2 N–H and O–H groups in total. The predicted molar refractivity (Wildman–Crippen MR) is 77.5 cm³/mol. The normalized spacial score (nSPS) is 35.9. The molecule has 0 amide bonds. The number of nitrogens with one attached hydrogen (secondary N) is 1. The van der Waals surface area contributed by atoms with Crippen LogP contribution in [-0.4, -0.2) is 42.2 Å². The highest BCUT2D eigenvalue weighted by atomic mass is 16.3. The smallest absolute Gasteiger partial charge is 0.115 e. The molecule has 1 aromatic carbocycles. The van der Waals surface area contributed by atoms with Crippen molar-refractivity contribution in [3.8, 4) is 5.75 Å². The molecule has 3 heteroatoms. The summed E-state index contributed by atoms with van der Waals surface area (Å²) in [6.07, 6.45) is 1.17. The Hall–Kier alpha value is -1.06. The fraction of sp³-hybridized carbons (Fsp3) is 0.625. The highest BCUT2D eigenvalue weighted by molar-refractivity contribution is 5.34. The quantitative estimate of drug-likeness (QED) is 0.810. The summed E-state index contributed by atoms with van der Waals surface area (Å²) in [5.41, 5.74) is 1.45. The van der Waals surface area contributed by atoms with Gasteiger partial charge in [0.15, 0.2) is 0 Å². The van der Waals surface area contributed by atoms with E-state index < -0.39 is 0 Å². The van der Waals surface area contributed by atoms with E-state index in [4.69, 9.17) is 0 Å². The van der Waals surface area contributed by atoms with Crippen LogP contribution in [0.5, 0.6) is 5.75 Å². The first kappa shape index (κ1) is 12.9. The molecule has 2 fully saturated rings. The van der Waals surface area contributed by atoms with Crippen molar-refractivity contribution in [3.05, 3.63) is 29.8 Å². The molecule has 2 aliphatic heterocycles. The molecular formula is C16H24N2O. The van der Waals surface area contributed by atoms with Gasteiger partial charge in [0.05, 0.1) is 0 Å². The number of hydrogen-bond donors (Lipinski definition) is 2. The van der Waals surface area contributed by atoms with Gasteiger partial charge in [-0.25, -0.2) is 0 Å². The summed E-state index contributed by atoms with van der Waals surface area (Å²) in [6, 6.07) is 8.48. The standard InChI is InChI=1S/C16H24N2O/c1-12-11-18-7-6-17-10-14(18)9-16(12,2)13-4-3-5-15(19)8-13/h3-5,8,12,14,17,19H,6-7,9-11H2,1-2H3. The van der Waals surface area contributed by atoms with E-state index in [2.05, 4.69) is 30.1 Å². The summed E-state index contributed by atoms with van der Waals surface area (Å²) < 4.78 is 0. The van der Waals surface area contributed by atoms with Gasteiger partial charge in [0.1, 0.15) is 5.75 Å². The molecule has 2 heterocycles. The molecule has 3 atom stereocenters. The highest BCUT2D eigenvalue weighted by Gasteiger charge is 2.43. The average molecular weight is 260 g/mol. The number of nitrogens with zero attached hydrogens (tertiary/aromatic N) is 1. The first-order chi connectivity index (χ1) is 9.09. The zero-order valence-electron chi connectivity index (χ0n) is 11.9. The minimum atomic E-state index is 0.166.